The Bertz CT molecular complexity index is 1120. The molecule has 0 unspecified atom stereocenters. The van der Waals surface area contributed by atoms with E-state index in [1.54, 1.807) is 30.1 Å². The number of hydrogen-bond acceptors (Lipinski definition) is 5. The summed E-state index contributed by atoms with van der Waals surface area (Å²) in [4.78, 5) is 16.5. The number of amides is 1. The molecule has 0 spiro atoms. The lowest BCUT2D eigenvalue weighted by atomic mass is 10.0. The normalized spacial score (nSPS) is 11.0. The molecule has 3 aromatic heterocycles. The van der Waals surface area contributed by atoms with Gasteiger partial charge in [0, 0.05) is 24.2 Å². The van der Waals surface area contributed by atoms with Crippen LogP contribution < -0.4 is 10.1 Å². The van der Waals surface area contributed by atoms with Crippen LogP contribution >= 0.6 is 0 Å². The lowest BCUT2D eigenvalue weighted by Crippen LogP contribution is -2.19. The minimum Gasteiger partial charge on any atom is -0.496 e. The molecule has 0 aliphatic heterocycles. The van der Waals surface area contributed by atoms with Crippen molar-refractivity contribution in [1.29, 1.82) is 0 Å². The number of ether oxygens (including phenoxy) is 1. The van der Waals surface area contributed by atoms with Gasteiger partial charge in [0.25, 0.3) is 0 Å². The minimum absolute atomic E-state index is 0.109. The Morgan fingerprint density at radius 1 is 1.18 bits per heavy atom. The number of aromatic nitrogens is 5. The third kappa shape index (κ3) is 3.44. The molecular formula is C20H20N6O2. The number of hydrogen-bond donors (Lipinski definition) is 1. The van der Waals surface area contributed by atoms with E-state index >= 15 is 0 Å². The number of rotatable bonds is 5. The van der Waals surface area contributed by atoms with Crippen LogP contribution in [0.1, 0.15) is 11.1 Å². The molecular weight excluding hydrogens is 356 g/mol. The van der Waals surface area contributed by atoms with Gasteiger partial charge in [-0.25, -0.2) is 4.52 Å². The lowest BCUT2D eigenvalue weighted by molar-refractivity contribution is -0.116. The van der Waals surface area contributed by atoms with Crippen molar-refractivity contribution in [1.82, 2.24) is 24.4 Å². The highest BCUT2D eigenvalue weighted by Crippen LogP contribution is 2.30. The van der Waals surface area contributed by atoms with Gasteiger partial charge in [0.15, 0.2) is 5.65 Å². The van der Waals surface area contributed by atoms with Crippen LogP contribution in [0.3, 0.4) is 0 Å². The quantitative estimate of drug-likeness (QED) is 0.579. The Labute approximate surface area is 161 Å². The van der Waals surface area contributed by atoms with Crippen molar-refractivity contribution in [2.45, 2.75) is 20.4 Å². The summed E-state index contributed by atoms with van der Waals surface area (Å²) >= 11 is 0. The van der Waals surface area contributed by atoms with Gasteiger partial charge < -0.3 is 4.74 Å². The van der Waals surface area contributed by atoms with Gasteiger partial charge in [-0.05, 0) is 60.9 Å². The maximum atomic E-state index is 12.1. The molecule has 28 heavy (non-hydrogen) atoms. The van der Waals surface area contributed by atoms with E-state index in [1.165, 1.54) is 4.68 Å². The molecule has 0 saturated heterocycles. The van der Waals surface area contributed by atoms with Crippen LogP contribution in [0.25, 0.3) is 16.8 Å². The molecule has 0 saturated carbocycles. The third-order valence-corrected chi connectivity index (χ3v) is 4.44. The molecule has 0 atom stereocenters. The summed E-state index contributed by atoms with van der Waals surface area (Å²) in [5.41, 5.74) is 4.86. The van der Waals surface area contributed by atoms with Crippen molar-refractivity contribution in [3.63, 3.8) is 0 Å². The van der Waals surface area contributed by atoms with Gasteiger partial charge in [0.1, 0.15) is 12.3 Å². The number of carbonyl (C=O) groups excluding carboxylic acids is 1. The molecule has 0 aliphatic carbocycles. The number of aryl methyl sites for hydroxylation is 2. The highest BCUT2D eigenvalue weighted by molar-refractivity contribution is 5.88. The first-order chi connectivity index (χ1) is 13.5. The molecule has 3 heterocycles. The van der Waals surface area contributed by atoms with Crippen LogP contribution in [0.4, 0.5) is 5.95 Å². The number of methoxy groups -OCH3 is 1. The van der Waals surface area contributed by atoms with E-state index in [0.29, 0.717) is 5.65 Å². The summed E-state index contributed by atoms with van der Waals surface area (Å²) in [6, 6.07) is 9.79. The fourth-order valence-corrected chi connectivity index (χ4v) is 3.25. The SMILES string of the molecule is COc1c(C)cc(-c2ccc3nc(NC(=O)Cn4cccn4)nn3c2)cc1C. The first kappa shape index (κ1) is 17.7. The standard InChI is InChI=1S/C20H20N6O2/c1-13-9-16(10-14(2)19(13)28-3)15-5-6-17-22-20(24-26(17)11-15)23-18(27)12-25-8-4-7-21-25/h4-11H,12H2,1-3H3,(H,23,24,27). The molecule has 1 N–H and O–H groups in total. The number of nitrogens with one attached hydrogen (secondary N) is 1. The zero-order chi connectivity index (χ0) is 19.7. The Kier molecular flexibility index (Phi) is 4.52. The smallest absolute Gasteiger partial charge is 0.249 e. The summed E-state index contributed by atoms with van der Waals surface area (Å²) in [6.45, 7) is 4.16. The van der Waals surface area contributed by atoms with Crippen molar-refractivity contribution in [2.24, 2.45) is 0 Å². The first-order valence-electron chi connectivity index (χ1n) is 8.83. The van der Waals surface area contributed by atoms with E-state index < -0.39 is 0 Å². The second-order valence-electron chi connectivity index (χ2n) is 6.55. The Balaban J connectivity index is 1.59. The maximum absolute atomic E-state index is 12.1. The monoisotopic (exact) mass is 376 g/mol. The van der Waals surface area contributed by atoms with Gasteiger partial charge in [-0.1, -0.05) is 0 Å². The summed E-state index contributed by atoms with van der Waals surface area (Å²) in [5, 5.41) is 11.1. The van der Waals surface area contributed by atoms with Crippen LogP contribution in [-0.2, 0) is 11.3 Å². The molecule has 0 fully saturated rings. The van der Waals surface area contributed by atoms with E-state index in [9.17, 15) is 4.79 Å². The van der Waals surface area contributed by atoms with E-state index in [2.05, 4.69) is 32.6 Å². The fourth-order valence-electron chi connectivity index (χ4n) is 3.25. The van der Waals surface area contributed by atoms with Crippen LogP contribution in [-0.4, -0.2) is 37.4 Å². The van der Waals surface area contributed by atoms with Crippen molar-refractivity contribution in [3.8, 4) is 16.9 Å². The van der Waals surface area contributed by atoms with Gasteiger partial charge in [0.05, 0.1) is 7.11 Å². The first-order valence-corrected chi connectivity index (χ1v) is 8.83. The molecule has 0 bridgehead atoms. The van der Waals surface area contributed by atoms with Gasteiger partial charge in [-0.3, -0.25) is 14.8 Å². The predicted molar refractivity (Wildman–Crippen MR) is 105 cm³/mol. The molecule has 4 aromatic rings. The van der Waals surface area contributed by atoms with Crippen LogP contribution in [0.5, 0.6) is 5.75 Å². The number of carbonyl (C=O) groups is 1. The summed E-state index contributed by atoms with van der Waals surface area (Å²) in [7, 11) is 1.68. The van der Waals surface area contributed by atoms with Crippen molar-refractivity contribution in [2.75, 3.05) is 12.4 Å². The van der Waals surface area contributed by atoms with Gasteiger partial charge >= 0.3 is 0 Å². The van der Waals surface area contributed by atoms with Gasteiger partial charge in [-0.15, -0.1) is 5.10 Å². The molecule has 1 amide bonds. The van der Waals surface area contributed by atoms with E-state index in [1.807, 2.05) is 32.2 Å². The van der Waals surface area contributed by atoms with Crippen LogP contribution in [0, 0.1) is 13.8 Å². The number of fused-ring (bicyclic) bond motifs is 1. The second-order valence-corrected chi connectivity index (χ2v) is 6.55. The summed E-state index contributed by atoms with van der Waals surface area (Å²) in [6.07, 6.45) is 5.24. The molecule has 142 valence electrons. The second kappa shape index (κ2) is 7.15. The highest BCUT2D eigenvalue weighted by atomic mass is 16.5. The van der Waals surface area contributed by atoms with Crippen molar-refractivity contribution in [3.05, 3.63) is 60.0 Å². The Morgan fingerprint density at radius 3 is 2.64 bits per heavy atom. The number of benzene rings is 1. The van der Waals surface area contributed by atoms with E-state index in [4.69, 9.17) is 4.74 Å². The van der Waals surface area contributed by atoms with E-state index in [0.717, 1.165) is 28.0 Å². The molecule has 8 nitrogen and oxygen atoms in total. The zero-order valence-corrected chi connectivity index (χ0v) is 15.9. The molecule has 8 heteroatoms. The predicted octanol–water partition coefficient (Wildman–Crippen LogP) is 2.86. The van der Waals surface area contributed by atoms with Crippen LogP contribution in [0.15, 0.2) is 48.9 Å². The van der Waals surface area contributed by atoms with Gasteiger partial charge in [0.2, 0.25) is 11.9 Å². The Hall–Kier alpha value is -3.68. The van der Waals surface area contributed by atoms with Crippen molar-refractivity contribution >= 4 is 17.5 Å². The fraction of sp³-hybridized carbons (Fsp3) is 0.200. The summed E-state index contributed by atoms with van der Waals surface area (Å²) in [5.74, 6) is 0.922. The third-order valence-electron chi connectivity index (χ3n) is 4.44. The van der Waals surface area contributed by atoms with Gasteiger partial charge in [-0.2, -0.15) is 10.1 Å². The molecule has 0 radical (unpaired) electrons. The van der Waals surface area contributed by atoms with Crippen LogP contribution in [0.2, 0.25) is 0 Å². The highest BCUT2D eigenvalue weighted by Gasteiger charge is 2.11. The van der Waals surface area contributed by atoms with E-state index in [-0.39, 0.29) is 18.4 Å². The lowest BCUT2D eigenvalue weighted by Gasteiger charge is -2.11. The number of anilines is 1. The Morgan fingerprint density at radius 2 is 1.96 bits per heavy atom. The topological polar surface area (TPSA) is 86.3 Å². The number of nitrogens with zero attached hydrogens (tertiary/aromatic N) is 5. The zero-order valence-electron chi connectivity index (χ0n) is 15.9. The summed E-state index contributed by atoms with van der Waals surface area (Å²) < 4.78 is 8.64. The molecule has 0 aliphatic rings. The maximum Gasteiger partial charge on any atom is 0.249 e. The average Bonchev–Trinajstić information content (AvgIpc) is 3.29. The molecule has 1 aromatic carbocycles. The minimum atomic E-state index is -0.235. The average molecular weight is 376 g/mol. The largest absolute Gasteiger partial charge is 0.496 e. The molecule has 4 rings (SSSR count). The number of pyridine rings is 1. The van der Waals surface area contributed by atoms with Crippen molar-refractivity contribution < 1.29 is 9.53 Å².